The van der Waals surface area contributed by atoms with E-state index in [2.05, 4.69) is 5.32 Å². The lowest BCUT2D eigenvalue weighted by Crippen LogP contribution is -2.35. The molecule has 0 fully saturated rings. The van der Waals surface area contributed by atoms with Crippen LogP contribution in [0.4, 0.5) is 5.69 Å². The Kier molecular flexibility index (Phi) is 6.89. The molecule has 0 bridgehead atoms. The molecule has 6 heteroatoms. The Labute approximate surface area is 152 Å². The molecule has 0 aromatic heterocycles. The Morgan fingerprint density at radius 3 is 2.32 bits per heavy atom. The van der Waals surface area contributed by atoms with Crippen LogP contribution < -0.4 is 10.1 Å². The van der Waals surface area contributed by atoms with Gasteiger partial charge in [0.2, 0.25) is 11.8 Å². The molecule has 0 radical (unpaired) electrons. The normalized spacial score (nSPS) is 10.2. The molecule has 0 aliphatic rings. The Balaban J connectivity index is 1.78. The lowest BCUT2D eigenvalue weighted by molar-refractivity contribution is -0.131. The molecule has 0 spiro atoms. The number of ether oxygens (including phenoxy) is 1. The summed E-state index contributed by atoms with van der Waals surface area (Å²) >= 11 is 1.43. The highest BCUT2D eigenvalue weighted by Gasteiger charge is 2.13. The van der Waals surface area contributed by atoms with Gasteiger partial charge in [0.15, 0.2) is 0 Å². The van der Waals surface area contributed by atoms with Crippen molar-refractivity contribution in [1.82, 2.24) is 4.90 Å². The zero-order chi connectivity index (χ0) is 18.2. The minimum atomic E-state index is -0.214. The molecular formula is C19H22N2O3S. The Hall–Kier alpha value is -2.47. The molecule has 0 heterocycles. The van der Waals surface area contributed by atoms with E-state index in [-0.39, 0.29) is 24.1 Å². The molecule has 2 amide bonds. The number of hydrogen-bond acceptors (Lipinski definition) is 4. The Bertz CT molecular complexity index is 714. The average molecular weight is 358 g/mol. The van der Waals surface area contributed by atoms with Crippen molar-refractivity contribution in [2.45, 2.75) is 11.8 Å². The third-order valence-electron chi connectivity index (χ3n) is 3.56. The number of carbonyl (C=O) groups is 2. The topological polar surface area (TPSA) is 58.6 Å². The number of hydrogen-bond donors (Lipinski definition) is 1. The number of likely N-dealkylation sites (N-methyl/N-ethyl adjacent to an activating group) is 1. The second kappa shape index (κ2) is 9.13. The van der Waals surface area contributed by atoms with E-state index in [0.29, 0.717) is 0 Å². The van der Waals surface area contributed by atoms with Gasteiger partial charge in [0.05, 0.1) is 19.4 Å². The van der Waals surface area contributed by atoms with Crippen molar-refractivity contribution in [3.63, 3.8) is 0 Å². The highest BCUT2D eigenvalue weighted by Crippen LogP contribution is 2.21. The number of nitrogens with zero attached hydrogens (tertiary/aromatic N) is 1. The first kappa shape index (κ1) is 18.9. The summed E-state index contributed by atoms with van der Waals surface area (Å²) < 4.78 is 5.10. The average Bonchev–Trinajstić information content (AvgIpc) is 2.62. The number of nitrogens with one attached hydrogen (secondary N) is 1. The van der Waals surface area contributed by atoms with Crippen molar-refractivity contribution in [2.75, 3.05) is 31.8 Å². The standard InChI is InChI=1S/C19H22N2O3S/c1-14-4-6-15(7-5-14)20-18(22)12-21(2)19(23)13-25-17-10-8-16(24-3)9-11-17/h4-11H,12-13H2,1-3H3,(H,20,22). The number of amides is 2. The van der Waals surface area contributed by atoms with E-state index in [1.165, 1.54) is 16.7 Å². The number of carbonyl (C=O) groups excluding carboxylic acids is 2. The van der Waals surface area contributed by atoms with Crippen LogP contribution in [-0.2, 0) is 9.59 Å². The summed E-state index contributed by atoms with van der Waals surface area (Å²) in [7, 11) is 3.24. The van der Waals surface area contributed by atoms with E-state index in [0.717, 1.165) is 21.9 Å². The first-order valence-corrected chi connectivity index (χ1v) is 8.84. The minimum Gasteiger partial charge on any atom is -0.497 e. The Morgan fingerprint density at radius 2 is 1.72 bits per heavy atom. The molecule has 0 saturated heterocycles. The number of methoxy groups -OCH3 is 1. The monoisotopic (exact) mass is 358 g/mol. The van der Waals surface area contributed by atoms with Crippen LogP contribution in [0, 0.1) is 6.92 Å². The largest absolute Gasteiger partial charge is 0.497 e. The second-order valence-electron chi connectivity index (χ2n) is 5.63. The van der Waals surface area contributed by atoms with Crippen LogP contribution >= 0.6 is 11.8 Å². The van der Waals surface area contributed by atoms with Crippen LogP contribution in [-0.4, -0.2) is 43.2 Å². The van der Waals surface area contributed by atoms with Crippen LogP contribution in [0.1, 0.15) is 5.56 Å². The van der Waals surface area contributed by atoms with Crippen molar-refractivity contribution >= 4 is 29.3 Å². The number of benzene rings is 2. The fourth-order valence-corrected chi connectivity index (χ4v) is 2.91. The van der Waals surface area contributed by atoms with Gasteiger partial charge >= 0.3 is 0 Å². The molecule has 5 nitrogen and oxygen atoms in total. The number of rotatable bonds is 7. The van der Waals surface area contributed by atoms with Gasteiger partial charge in [-0.25, -0.2) is 0 Å². The maximum Gasteiger partial charge on any atom is 0.243 e. The van der Waals surface area contributed by atoms with E-state index in [9.17, 15) is 9.59 Å². The Morgan fingerprint density at radius 1 is 1.08 bits per heavy atom. The van der Waals surface area contributed by atoms with E-state index in [1.54, 1.807) is 14.2 Å². The van der Waals surface area contributed by atoms with Crippen molar-refractivity contribution in [3.05, 3.63) is 54.1 Å². The van der Waals surface area contributed by atoms with Crippen molar-refractivity contribution in [1.29, 1.82) is 0 Å². The van der Waals surface area contributed by atoms with Gasteiger partial charge in [-0.3, -0.25) is 9.59 Å². The minimum absolute atomic E-state index is 0.0237. The van der Waals surface area contributed by atoms with Gasteiger partial charge in [0, 0.05) is 17.6 Å². The molecule has 0 aliphatic carbocycles. The number of thioether (sulfide) groups is 1. The highest BCUT2D eigenvalue weighted by molar-refractivity contribution is 8.00. The third kappa shape index (κ3) is 6.15. The molecule has 0 saturated carbocycles. The summed E-state index contributed by atoms with van der Waals surface area (Å²) in [6.07, 6.45) is 0. The van der Waals surface area contributed by atoms with Gasteiger partial charge in [0.25, 0.3) is 0 Å². The predicted octanol–water partition coefficient (Wildman–Crippen LogP) is 3.19. The molecule has 2 aromatic rings. The maximum absolute atomic E-state index is 12.2. The van der Waals surface area contributed by atoms with Crippen LogP contribution in [0.15, 0.2) is 53.4 Å². The maximum atomic E-state index is 12.2. The van der Waals surface area contributed by atoms with Crippen LogP contribution in [0.5, 0.6) is 5.75 Å². The van der Waals surface area contributed by atoms with Crippen molar-refractivity contribution in [2.24, 2.45) is 0 Å². The van der Waals surface area contributed by atoms with Gasteiger partial charge in [0.1, 0.15) is 5.75 Å². The molecule has 2 rings (SSSR count). The second-order valence-corrected chi connectivity index (χ2v) is 6.68. The van der Waals surface area contributed by atoms with Gasteiger partial charge in [-0.15, -0.1) is 11.8 Å². The molecule has 1 N–H and O–H groups in total. The van der Waals surface area contributed by atoms with Gasteiger partial charge < -0.3 is 15.0 Å². The van der Waals surface area contributed by atoms with E-state index in [1.807, 2.05) is 55.5 Å². The molecule has 2 aromatic carbocycles. The quantitative estimate of drug-likeness (QED) is 0.772. The van der Waals surface area contributed by atoms with Gasteiger partial charge in [-0.2, -0.15) is 0 Å². The summed E-state index contributed by atoms with van der Waals surface area (Å²) in [5.74, 6) is 0.746. The molecule has 25 heavy (non-hydrogen) atoms. The number of aryl methyl sites for hydroxylation is 1. The zero-order valence-corrected chi connectivity index (χ0v) is 15.4. The summed E-state index contributed by atoms with van der Waals surface area (Å²) in [5, 5.41) is 2.79. The van der Waals surface area contributed by atoms with Crippen LogP contribution in [0.25, 0.3) is 0 Å². The van der Waals surface area contributed by atoms with Crippen molar-refractivity contribution < 1.29 is 14.3 Å². The van der Waals surface area contributed by atoms with E-state index in [4.69, 9.17) is 4.74 Å². The lowest BCUT2D eigenvalue weighted by Gasteiger charge is -2.16. The van der Waals surface area contributed by atoms with E-state index < -0.39 is 0 Å². The lowest BCUT2D eigenvalue weighted by atomic mass is 10.2. The zero-order valence-electron chi connectivity index (χ0n) is 14.6. The summed E-state index contributed by atoms with van der Waals surface area (Å²) in [5.41, 5.74) is 1.85. The first-order chi connectivity index (χ1) is 12.0. The smallest absolute Gasteiger partial charge is 0.243 e. The highest BCUT2D eigenvalue weighted by atomic mass is 32.2. The molecule has 0 unspecified atom stereocenters. The SMILES string of the molecule is COc1ccc(SCC(=O)N(C)CC(=O)Nc2ccc(C)cc2)cc1. The molecule has 0 aliphatic heterocycles. The summed E-state index contributed by atoms with van der Waals surface area (Å²) in [6.45, 7) is 2.01. The molecule has 0 atom stereocenters. The first-order valence-electron chi connectivity index (χ1n) is 7.85. The molecular weight excluding hydrogens is 336 g/mol. The molecule has 132 valence electrons. The van der Waals surface area contributed by atoms with Gasteiger partial charge in [-0.05, 0) is 43.3 Å². The van der Waals surface area contributed by atoms with Gasteiger partial charge in [-0.1, -0.05) is 17.7 Å². The van der Waals surface area contributed by atoms with Crippen LogP contribution in [0.3, 0.4) is 0 Å². The fourth-order valence-electron chi connectivity index (χ4n) is 2.07. The summed E-state index contributed by atoms with van der Waals surface area (Å²) in [6, 6.07) is 15.0. The number of anilines is 1. The predicted molar refractivity (Wildman–Crippen MR) is 101 cm³/mol. The fraction of sp³-hybridized carbons (Fsp3) is 0.263. The van der Waals surface area contributed by atoms with Crippen LogP contribution in [0.2, 0.25) is 0 Å². The van der Waals surface area contributed by atoms with E-state index >= 15 is 0 Å². The summed E-state index contributed by atoms with van der Waals surface area (Å²) in [4.78, 5) is 26.6. The third-order valence-corrected chi connectivity index (χ3v) is 4.56. The van der Waals surface area contributed by atoms with Crippen molar-refractivity contribution in [3.8, 4) is 5.75 Å².